The van der Waals surface area contributed by atoms with Gasteiger partial charge in [0.1, 0.15) is 0 Å². The van der Waals surface area contributed by atoms with E-state index in [4.69, 9.17) is 0 Å². The summed E-state index contributed by atoms with van der Waals surface area (Å²) < 4.78 is 11.3. The van der Waals surface area contributed by atoms with Gasteiger partial charge in [-0.25, -0.2) is 0 Å². The molecule has 0 fully saturated rings. The smallest absolute Gasteiger partial charge is 0.0897 e. The van der Waals surface area contributed by atoms with Crippen LogP contribution in [0, 0.1) is 6.92 Å². The van der Waals surface area contributed by atoms with Crippen LogP contribution in [0.5, 0.6) is 0 Å². The highest BCUT2D eigenvalue weighted by Gasteiger charge is 1.76. The van der Waals surface area contributed by atoms with Crippen molar-refractivity contribution in [1.82, 2.24) is 0 Å². The second kappa shape index (κ2) is 5.67. The van der Waals surface area contributed by atoms with Crippen LogP contribution in [0.4, 0.5) is 4.39 Å². The van der Waals surface area contributed by atoms with Gasteiger partial charge in [-0.05, 0) is 19.8 Å². The van der Waals surface area contributed by atoms with E-state index < -0.39 is 0 Å². The number of halogens is 1. The van der Waals surface area contributed by atoms with Crippen LogP contribution in [0.25, 0.3) is 0 Å². The Bertz CT molecular complexity index is 48.1. The highest BCUT2D eigenvalue weighted by molar-refractivity contribution is 4.82. The molecule has 0 unspecified atom stereocenters. The van der Waals surface area contributed by atoms with Crippen LogP contribution >= 0.6 is 0 Å². The van der Waals surface area contributed by atoms with Crippen molar-refractivity contribution in [1.29, 1.82) is 0 Å². The Balaban J connectivity index is 2.69. The minimum absolute atomic E-state index is 0.218. The van der Waals surface area contributed by atoms with E-state index >= 15 is 0 Å². The number of alkyl halides is 1. The summed E-state index contributed by atoms with van der Waals surface area (Å²) in [6, 6.07) is 0. The molecule has 0 aromatic carbocycles. The van der Waals surface area contributed by atoms with Crippen LogP contribution in [0.2, 0.25) is 0 Å². The van der Waals surface area contributed by atoms with E-state index in [1.54, 1.807) is 6.08 Å². The Kier molecular flexibility index (Phi) is 5.40. The maximum atomic E-state index is 11.3. The molecule has 0 aliphatic heterocycles. The molecule has 0 aliphatic rings. The second-order valence-electron chi connectivity index (χ2n) is 1.30. The Labute approximate surface area is 44.0 Å². The second-order valence-corrected chi connectivity index (χ2v) is 1.30. The lowest BCUT2D eigenvalue weighted by Crippen LogP contribution is -1.70. The molecule has 0 aromatic rings. The molecule has 0 bridgehead atoms. The van der Waals surface area contributed by atoms with Gasteiger partial charge >= 0.3 is 0 Å². The van der Waals surface area contributed by atoms with E-state index in [-0.39, 0.29) is 6.67 Å². The molecule has 1 heteroatoms. The fourth-order valence-electron chi connectivity index (χ4n) is 0.313. The summed E-state index contributed by atoms with van der Waals surface area (Å²) in [6.07, 6.45) is 5.00. The zero-order chi connectivity index (χ0) is 5.54. The highest BCUT2D eigenvalue weighted by atomic mass is 19.1. The molecule has 1 radical (unpaired) electrons. The lowest BCUT2D eigenvalue weighted by atomic mass is 10.3. The van der Waals surface area contributed by atoms with Crippen molar-refractivity contribution in [3.63, 3.8) is 0 Å². The van der Waals surface area contributed by atoms with Crippen molar-refractivity contribution in [2.24, 2.45) is 0 Å². The van der Waals surface area contributed by atoms with Crippen LogP contribution in [-0.4, -0.2) is 6.67 Å². The normalized spacial score (nSPS) is 10.6. The van der Waals surface area contributed by atoms with E-state index in [1.165, 1.54) is 0 Å². The van der Waals surface area contributed by atoms with E-state index in [1.807, 2.05) is 6.08 Å². The number of rotatable bonds is 3. The van der Waals surface area contributed by atoms with Gasteiger partial charge in [-0.3, -0.25) is 4.39 Å². The number of allylic oxidation sites excluding steroid dienone is 2. The van der Waals surface area contributed by atoms with Crippen molar-refractivity contribution in [2.75, 3.05) is 6.67 Å². The molecule has 7 heavy (non-hydrogen) atoms. The summed E-state index contributed by atoms with van der Waals surface area (Å²) in [4.78, 5) is 0. The molecule has 0 spiro atoms. The van der Waals surface area contributed by atoms with Gasteiger partial charge in [-0.15, -0.1) is 0 Å². The maximum Gasteiger partial charge on any atom is 0.0897 e. The van der Waals surface area contributed by atoms with Crippen molar-refractivity contribution in [3.8, 4) is 0 Å². The average molecular weight is 101 g/mol. The van der Waals surface area contributed by atoms with E-state index in [0.29, 0.717) is 6.42 Å². The number of hydrogen-bond donors (Lipinski definition) is 0. The van der Waals surface area contributed by atoms with Gasteiger partial charge in [0.15, 0.2) is 0 Å². The van der Waals surface area contributed by atoms with E-state index in [9.17, 15) is 4.39 Å². The highest BCUT2D eigenvalue weighted by Crippen LogP contribution is 1.89. The topological polar surface area (TPSA) is 0 Å². The molecule has 0 amide bonds. The predicted octanol–water partition coefficient (Wildman–Crippen LogP) is 2.13. The SMILES string of the molecule is [CH2]/C=C/CCCF. The maximum absolute atomic E-state index is 11.3. The molecule has 41 valence electrons. The minimum Gasteiger partial charge on any atom is -0.251 e. The van der Waals surface area contributed by atoms with Gasteiger partial charge in [-0.2, -0.15) is 0 Å². The minimum atomic E-state index is -0.218. The summed E-state index contributed by atoms with van der Waals surface area (Å²) in [5.41, 5.74) is 0. The van der Waals surface area contributed by atoms with Gasteiger partial charge in [0.2, 0.25) is 0 Å². The largest absolute Gasteiger partial charge is 0.251 e. The standard InChI is InChI=1S/C6H10F/c1-2-3-4-5-6-7/h2-3H,1,4-6H2/b3-2+. The van der Waals surface area contributed by atoms with Crippen molar-refractivity contribution in [2.45, 2.75) is 12.8 Å². The molecule has 0 saturated heterocycles. The monoisotopic (exact) mass is 101 g/mol. The Morgan fingerprint density at radius 3 is 2.71 bits per heavy atom. The van der Waals surface area contributed by atoms with Crippen LogP contribution in [0.1, 0.15) is 12.8 Å². The van der Waals surface area contributed by atoms with Crippen molar-refractivity contribution in [3.05, 3.63) is 19.1 Å². The molecular weight excluding hydrogens is 91.1 g/mol. The van der Waals surface area contributed by atoms with Crippen LogP contribution in [-0.2, 0) is 0 Å². The molecule has 0 rings (SSSR count). The molecule has 0 heterocycles. The Morgan fingerprint density at radius 1 is 1.57 bits per heavy atom. The summed E-state index contributed by atoms with van der Waals surface area (Å²) in [5.74, 6) is 0. The zero-order valence-electron chi connectivity index (χ0n) is 4.36. The predicted molar refractivity (Wildman–Crippen MR) is 29.7 cm³/mol. The van der Waals surface area contributed by atoms with Gasteiger partial charge in [0, 0.05) is 0 Å². The molecule has 0 atom stereocenters. The third kappa shape index (κ3) is 5.67. The van der Waals surface area contributed by atoms with Crippen molar-refractivity contribution >= 4 is 0 Å². The molecule has 0 aromatic heterocycles. The quantitative estimate of drug-likeness (QED) is 0.478. The van der Waals surface area contributed by atoms with Gasteiger partial charge in [0.25, 0.3) is 0 Å². The first-order chi connectivity index (χ1) is 3.41. The van der Waals surface area contributed by atoms with Crippen LogP contribution in [0.3, 0.4) is 0 Å². The number of unbranched alkanes of at least 4 members (excludes halogenated alkanes) is 1. The molecule has 0 aliphatic carbocycles. The fraction of sp³-hybridized carbons (Fsp3) is 0.500. The van der Waals surface area contributed by atoms with Gasteiger partial charge in [-0.1, -0.05) is 12.2 Å². The lowest BCUT2D eigenvalue weighted by molar-refractivity contribution is 0.475. The third-order valence-corrected chi connectivity index (χ3v) is 0.671. The summed E-state index contributed by atoms with van der Waals surface area (Å²) in [6.45, 7) is 3.24. The van der Waals surface area contributed by atoms with E-state index in [0.717, 1.165) is 6.42 Å². The third-order valence-electron chi connectivity index (χ3n) is 0.671. The average Bonchev–Trinajstić information content (AvgIpc) is 1.69. The summed E-state index contributed by atoms with van der Waals surface area (Å²) >= 11 is 0. The summed E-state index contributed by atoms with van der Waals surface area (Å²) in [7, 11) is 0. The summed E-state index contributed by atoms with van der Waals surface area (Å²) in [5, 5.41) is 0. The zero-order valence-corrected chi connectivity index (χ0v) is 4.36. The van der Waals surface area contributed by atoms with Crippen LogP contribution in [0.15, 0.2) is 12.2 Å². The molecular formula is C6H10F. The first-order valence-corrected chi connectivity index (χ1v) is 2.42. The number of hydrogen-bond acceptors (Lipinski definition) is 0. The molecule has 0 N–H and O–H groups in total. The van der Waals surface area contributed by atoms with E-state index in [2.05, 4.69) is 6.92 Å². The van der Waals surface area contributed by atoms with Gasteiger partial charge < -0.3 is 0 Å². The molecule has 0 saturated carbocycles. The molecule has 0 nitrogen and oxygen atoms in total. The fourth-order valence-corrected chi connectivity index (χ4v) is 0.313. The van der Waals surface area contributed by atoms with Crippen LogP contribution < -0.4 is 0 Å². The van der Waals surface area contributed by atoms with Crippen molar-refractivity contribution < 1.29 is 4.39 Å². The first-order valence-electron chi connectivity index (χ1n) is 2.42. The van der Waals surface area contributed by atoms with Gasteiger partial charge in [0.05, 0.1) is 6.67 Å². The lowest BCUT2D eigenvalue weighted by Gasteiger charge is -1.81. The Morgan fingerprint density at radius 2 is 2.29 bits per heavy atom. The Hall–Kier alpha value is -0.330. The first kappa shape index (κ1) is 6.67.